The number of alkyl halides is 1. The lowest BCUT2D eigenvalue weighted by Crippen LogP contribution is -2.00. The number of thiophene rings is 1. The van der Waals surface area contributed by atoms with E-state index in [1.165, 1.54) is 20.5 Å². The van der Waals surface area contributed by atoms with Gasteiger partial charge in [-0.3, -0.25) is 4.98 Å². The van der Waals surface area contributed by atoms with E-state index in [1.54, 1.807) is 11.3 Å². The number of hydrogen-bond acceptors (Lipinski definition) is 2. The number of pyridine rings is 1. The van der Waals surface area contributed by atoms with E-state index in [9.17, 15) is 0 Å². The molecule has 0 fully saturated rings. The van der Waals surface area contributed by atoms with Crippen LogP contribution in [0.3, 0.4) is 0 Å². The summed E-state index contributed by atoms with van der Waals surface area (Å²) in [4.78, 5) is 5.28. The maximum Gasteiger partial charge on any atom is 0.0744 e. The normalized spacial score (nSPS) is 14.4. The smallest absolute Gasteiger partial charge is 0.0744 e. The van der Waals surface area contributed by atoms with Crippen LogP contribution in [0.15, 0.2) is 54.9 Å². The minimum atomic E-state index is -0.000185. The molecule has 2 atom stereocenters. The van der Waals surface area contributed by atoms with Crippen LogP contribution >= 0.6 is 22.9 Å². The molecule has 2 heterocycles. The summed E-state index contributed by atoms with van der Waals surface area (Å²) >= 11 is 8.43. The third-order valence-electron chi connectivity index (χ3n) is 3.39. The first-order valence-electron chi connectivity index (χ1n) is 6.28. The highest BCUT2D eigenvalue weighted by Gasteiger charge is 2.20. The van der Waals surface area contributed by atoms with Crippen LogP contribution in [0.5, 0.6) is 0 Å². The average molecular weight is 288 g/mol. The molecule has 0 aliphatic heterocycles. The van der Waals surface area contributed by atoms with Gasteiger partial charge in [-0.2, -0.15) is 0 Å². The summed E-state index contributed by atoms with van der Waals surface area (Å²) in [6.07, 6.45) is 3.64. The first-order valence-corrected chi connectivity index (χ1v) is 7.53. The van der Waals surface area contributed by atoms with E-state index in [4.69, 9.17) is 11.6 Å². The molecule has 0 amide bonds. The van der Waals surface area contributed by atoms with Gasteiger partial charge in [0.25, 0.3) is 0 Å². The molecule has 0 spiro atoms. The van der Waals surface area contributed by atoms with E-state index < -0.39 is 0 Å². The monoisotopic (exact) mass is 287 g/mol. The molecule has 0 bridgehead atoms. The summed E-state index contributed by atoms with van der Waals surface area (Å²) in [5.41, 5.74) is 1.23. The molecule has 1 nitrogen and oxygen atoms in total. The average Bonchev–Trinajstić information content (AvgIpc) is 2.90. The molecule has 2 unspecified atom stereocenters. The molecule has 3 rings (SSSR count). The van der Waals surface area contributed by atoms with Crippen molar-refractivity contribution in [1.82, 2.24) is 4.98 Å². The number of rotatable bonds is 3. The molecule has 0 radical (unpaired) electrons. The Labute approximate surface area is 121 Å². The van der Waals surface area contributed by atoms with Gasteiger partial charge in [0.15, 0.2) is 0 Å². The van der Waals surface area contributed by atoms with Gasteiger partial charge in [-0.15, -0.1) is 22.9 Å². The summed E-state index contributed by atoms with van der Waals surface area (Å²) in [6, 6.07) is 14.7. The van der Waals surface area contributed by atoms with Crippen molar-refractivity contribution in [3.63, 3.8) is 0 Å². The van der Waals surface area contributed by atoms with Crippen molar-refractivity contribution in [1.29, 1.82) is 0 Å². The predicted octanol–water partition coefficient (Wildman–Crippen LogP) is 5.38. The van der Waals surface area contributed by atoms with Crippen molar-refractivity contribution >= 4 is 33.0 Å². The Kier molecular flexibility index (Phi) is 3.54. The van der Waals surface area contributed by atoms with Gasteiger partial charge in [0.1, 0.15) is 0 Å². The van der Waals surface area contributed by atoms with E-state index in [1.807, 2.05) is 24.5 Å². The molecule has 1 aromatic carbocycles. The predicted molar refractivity (Wildman–Crippen MR) is 83.1 cm³/mol. The molecule has 0 aliphatic carbocycles. The van der Waals surface area contributed by atoms with Crippen molar-refractivity contribution in [3.8, 4) is 0 Å². The molecule has 3 aromatic rings. The second-order valence-electron chi connectivity index (χ2n) is 4.66. The SMILES string of the molecule is CC(c1ccncc1)C(Cl)c1cc2ccccc2s1. The standard InChI is InChI=1S/C16H14ClNS/c1-11(12-6-8-18-9-7-12)16(17)15-10-13-4-2-3-5-14(13)19-15/h2-11,16H,1H3. The van der Waals surface area contributed by atoms with Crippen molar-refractivity contribution in [3.05, 3.63) is 65.3 Å². The Bertz CT molecular complexity index is 644. The number of aromatic nitrogens is 1. The Hall–Kier alpha value is -1.38. The zero-order chi connectivity index (χ0) is 13.2. The van der Waals surface area contributed by atoms with Crippen LogP contribution in [-0.2, 0) is 0 Å². The molecule has 96 valence electrons. The van der Waals surface area contributed by atoms with Crippen LogP contribution in [0, 0.1) is 0 Å². The Morgan fingerprint density at radius 2 is 1.84 bits per heavy atom. The Morgan fingerprint density at radius 3 is 2.58 bits per heavy atom. The maximum atomic E-state index is 6.65. The van der Waals surface area contributed by atoms with E-state index in [2.05, 4.69) is 42.2 Å². The minimum Gasteiger partial charge on any atom is -0.265 e. The molecule has 0 saturated heterocycles. The fraction of sp³-hybridized carbons (Fsp3) is 0.188. The number of fused-ring (bicyclic) bond motifs is 1. The third-order valence-corrected chi connectivity index (χ3v) is 5.33. The topological polar surface area (TPSA) is 12.9 Å². The number of hydrogen-bond donors (Lipinski definition) is 0. The highest BCUT2D eigenvalue weighted by Crippen LogP contribution is 2.41. The molecular formula is C16H14ClNS. The largest absolute Gasteiger partial charge is 0.265 e. The molecule has 0 saturated carbocycles. The zero-order valence-corrected chi connectivity index (χ0v) is 12.2. The first kappa shape index (κ1) is 12.6. The number of nitrogens with zero attached hydrogens (tertiary/aromatic N) is 1. The number of benzene rings is 1. The molecule has 0 aliphatic rings. The number of halogens is 1. The van der Waals surface area contributed by atoms with Gasteiger partial charge >= 0.3 is 0 Å². The lowest BCUT2D eigenvalue weighted by Gasteiger charge is -2.16. The van der Waals surface area contributed by atoms with Crippen molar-refractivity contribution in [2.75, 3.05) is 0 Å². The van der Waals surface area contributed by atoms with E-state index >= 15 is 0 Å². The highest BCUT2D eigenvalue weighted by molar-refractivity contribution is 7.19. The fourth-order valence-corrected chi connectivity index (χ4v) is 3.71. The Morgan fingerprint density at radius 1 is 1.11 bits per heavy atom. The molecule has 2 aromatic heterocycles. The van der Waals surface area contributed by atoms with E-state index in [-0.39, 0.29) is 11.3 Å². The minimum absolute atomic E-state index is 0.000185. The van der Waals surface area contributed by atoms with Crippen molar-refractivity contribution in [2.45, 2.75) is 18.2 Å². The van der Waals surface area contributed by atoms with Gasteiger partial charge in [0.2, 0.25) is 0 Å². The Balaban J connectivity index is 1.93. The maximum absolute atomic E-state index is 6.65. The zero-order valence-electron chi connectivity index (χ0n) is 10.6. The van der Waals surface area contributed by atoms with Crippen LogP contribution < -0.4 is 0 Å². The summed E-state index contributed by atoms with van der Waals surface area (Å²) < 4.78 is 1.30. The van der Waals surface area contributed by atoms with Crippen LogP contribution in [0.1, 0.15) is 28.7 Å². The molecule has 0 N–H and O–H groups in total. The summed E-state index contributed by atoms with van der Waals surface area (Å²) in [7, 11) is 0. The van der Waals surface area contributed by atoms with Gasteiger partial charge in [0, 0.05) is 27.9 Å². The van der Waals surface area contributed by atoms with Crippen molar-refractivity contribution < 1.29 is 0 Å². The van der Waals surface area contributed by atoms with Gasteiger partial charge in [-0.1, -0.05) is 25.1 Å². The highest BCUT2D eigenvalue weighted by atomic mass is 35.5. The summed E-state index contributed by atoms with van der Waals surface area (Å²) in [5, 5.41) is 1.27. The van der Waals surface area contributed by atoms with Gasteiger partial charge in [-0.25, -0.2) is 0 Å². The van der Waals surface area contributed by atoms with Gasteiger partial charge in [0.05, 0.1) is 5.38 Å². The molecule has 3 heteroatoms. The van der Waals surface area contributed by atoms with E-state index in [0.717, 1.165) is 0 Å². The van der Waals surface area contributed by atoms with Crippen LogP contribution in [-0.4, -0.2) is 4.98 Å². The fourth-order valence-electron chi connectivity index (χ4n) is 2.22. The summed E-state index contributed by atoms with van der Waals surface area (Å²) in [5.74, 6) is 0.276. The quantitative estimate of drug-likeness (QED) is 0.589. The summed E-state index contributed by atoms with van der Waals surface area (Å²) in [6.45, 7) is 2.16. The van der Waals surface area contributed by atoms with E-state index in [0.29, 0.717) is 0 Å². The lowest BCUT2D eigenvalue weighted by molar-refractivity contribution is 0.740. The lowest BCUT2D eigenvalue weighted by atomic mass is 9.97. The van der Waals surface area contributed by atoms with Gasteiger partial charge in [-0.05, 0) is 35.2 Å². The second-order valence-corrected chi connectivity index (χ2v) is 6.24. The first-order chi connectivity index (χ1) is 9.25. The van der Waals surface area contributed by atoms with Crippen molar-refractivity contribution in [2.24, 2.45) is 0 Å². The van der Waals surface area contributed by atoms with Crippen LogP contribution in [0.4, 0.5) is 0 Å². The van der Waals surface area contributed by atoms with Crippen LogP contribution in [0.25, 0.3) is 10.1 Å². The molecule has 19 heavy (non-hydrogen) atoms. The van der Waals surface area contributed by atoms with Gasteiger partial charge < -0.3 is 0 Å². The third kappa shape index (κ3) is 2.51. The van der Waals surface area contributed by atoms with Crippen LogP contribution in [0.2, 0.25) is 0 Å². The molecular weight excluding hydrogens is 274 g/mol. The second kappa shape index (κ2) is 5.32.